The SMILES string of the molecule is COc1cc(N)c(Cl)cc1C(=O)OCCN1CCC(CNC(=O)CCCN(CC#Cc2ccc(C#CCN(CCCC(=O)NCC3CCN(CCOC(=O)c4cc(Cl)c(N)cc4OC)CC3)C(=O)OC(C)(C)C)cc2)C(=O)OC(C)(C)C)CC1. The minimum absolute atomic E-state index is 0.0893. The Morgan fingerprint density at radius 1 is 0.595 bits per heavy atom. The van der Waals surface area contributed by atoms with Gasteiger partial charge in [0.2, 0.25) is 11.8 Å². The molecule has 4 amide bonds. The molecular weight excluding hydrogens is 1120 g/mol. The van der Waals surface area contributed by atoms with Crippen LogP contribution in [0.1, 0.15) is 125 Å². The molecule has 2 saturated heterocycles. The Kier molecular flexibility index (Phi) is 26.9. The van der Waals surface area contributed by atoms with E-state index in [4.69, 9.17) is 63.1 Å². The van der Waals surface area contributed by atoms with Gasteiger partial charge in [0.25, 0.3) is 0 Å². The number of halogens is 2. The van der Waals surface area contributed by atoms with Crippen LogP contribution in [-0.4, -0.2) is 173 Å². The van der Waals surface area contributed by atoms with E-state index in [-0.39, 0.29) is 85.2 Å². The molecule has 2 aliphatic rings. The lowest BCUT2D eigenvalue weighted by Crippen LogP contribution is -2.40. The molecule has 3 aromatic carbocycles. The van der Waals surface area contributed by atoms with Crippen molar-refractivity contribution in [3.05, 3.63) is 80.8 Å². The Morgan fingerprint density at radius 3 is 1.29 bits per heavy atom. The molecule has 6 N–H and O–H groups in total. The van der Waals surface area contributed by atoms with Crippen molar-refractivity contribution in [2.24, 2.45) is 11.8 Å². The zero-order valence-corrected chi connectivity index (χ0v) is 51.4. The molecule has 0 radical (unpaired) electrons. The number of nitrogens with one attached hydrogen (secondary N) is 2. The van der Waals surface area contributed by atoms with Crippen LogP contribution in [0.4, 0.5) is 21.0 Å². The molecule has 2 aliphatic heterocycles. The molecule has 0 aromatic heterocycles. The molecule has 5 rings (SSSR count). The molecule has 0 bridgehead atoms. The average Bonchev–Trinajstić information content (AvgIpc) is 3.51. The van der Waals surface area contributed by atoms with Gasteiger partial charge in [-0.2, -0.15) is 0 Å². The van der Waals surface area contributed by atoms with Gasteiger partial charge in [-0.05, 0) is 154 Å². The van der Waals surface area contributed by atoms with Crippen LogP contribution >= 0.6 is 23.2 Å². The van der Waals surface area contributed by atoms with E-state index in [0.717, 1.165) is 51.9 Å². The highest BCUT2D eigenvalue weighted by atomic mass is 35.5. The van der Waals surface area contributed by atoms with Crippen molar-refractivity contribution in [1.82, 2.24) is 30.2 Å². The Balaban J connectivity index is 0.997. The second-order valence-electron chi connectivity index (χ2n) is 22.8. The number of methoxy groups -OCH3 is 2. The minimum atomic E-state index is -0.725. The van der Waals surface area contributed by atoms with Gasteiger partial charge in [-0.1, -0.05) is 46.9 Å². The number of nitrogen functional groups attached to an aromatic ring is 2. The summed E-state index contributed by atoms with van der Waals surface area (Å²) in [6, 6.07) is 13.2. The summed E-state index contributed by atoms with van der Waals surface area (Å²) in [5.41, 5.74) is 12.7. The number of ether oxygens (including phenoxy) is 6. The van der Waals surface area contributed by atoms with Crippen molar-refractivity contribution in [1.29, 1.82) is 0 Å². The van der Waals surface area contributed by atoms with Gasteiger partial charge in [0.1, 0.15) is 47.0 Å². The first-order valence-corrected chi connectivity index (χ1v) is 29.3. The predicted molar refractivity (Wildman–Crippen MR) is 324 cm³/mol. The normalized spacial score (nSPS) is 14.1. The molecule has 0 saturated carbocycles. The molecule has 84 heavy (non-hydrogen) atoms. The highest BCUT2D eigenvalue weighted by Gasteiger charge is 2.26. The van der Waals surface area contributed by atoms with Gasteiger partial charge in [-0.25, -0.2) is 19.2 Å². The third-order valence-electron chi connectivity index (χ3n) is 13.8. The number of esters is 2. The Morgan fingerprint density at radius 2 is 0.952 bits per heavy atom. The molecule has 0 aliphatic carbocycles. The number of likely N-dealkylation sites (tertiary alicyclic amines) is 2. The van der Waals surface area contributed by atoms with Gasteiger partial charge in [-0.3, -0.25) is 29.2 Å². The van der Waals surface area contributed by atoms with Crippen molar-refractivity contribution in [2.45, 2.75) is 104 Å². The number of anilines is 2. The van der Waals surface area contributed by atoms with E-state index < -0.39 is 35.3 Å². The van der Waals surface area contributed by atoms with Crippen LogP contribution in [0.25, 0.3) is 0 Å². The summed E-state index contributed by atoms with van der Waals surface area (Å²) in [5.74, 6) is 12.3. The van der Waals surface area contributed by atoms with Crippen LogP contribution < -0.4 is 31.6 Å². The topological polar surface area (TPSA) is 247 Å². The molecule has 2 heterocycles. The van der Waals surface area contributed by atoms with Gasteiger partial charge >= 0.3 is 24.1 Å². The molecule has 458 valence electrons. The minimum Gasteiger partial charge on any atom is -0.496 e. The van der Waals surface area contributed by atoms with Crippen molar-refractivity contribution in [2.75, 3.05) is 117 Å². The first-order chi connectivity index (χ1) is 39.9. The van der Waals surface area contributed by atoms with E-state index >= 15 is 0 Å². The zero-order chi connectivity index (χ0) is 61.4. The van der Waals surface area contributed by atoms with Crippen LogP contribution in [0.5, 0.6) is 11.5 Å². The van der Waals surface area contributed by atoms with E-state index in [1.54, 1.807) is 41.5 Å². The smallest absolute Gasteiger partial charge is 0.411 e. The number of piperidine rings is 2. The number of nitrogens with two attached hydrogens (primary N) is 2. The number of benzene rings is 3. The molecular formula is C62H84Cl2N8O12. The fraction of sp³-hybridized carbons (Fsp3) is 0.548. The lowest BCUT2D eigenvalue weighted by atomic mass is 9.97. The number of nitrogens with zero attached hydrogens (tertiary/aromatic N) is 4. The van der Waals surface area contributed by atoms with Crippen molar-refractivity contribution < 1.29 is 57.2 Å². The van der Waals surface area contributed by atoms with Crippen molar-refractivity contribution in [3.8, 4) is 35.2 Å². The summed E-state index contributed by atoms with van der Waals surface area (Å²) >= 11 is 12.2. The molecule has 0 spiro atoms. The van der Waals surface area contributed by atoms with Crippen LogP contribution in [-0.2, 0) is 28.5 Å². The maximum absolute atomic E-state index is 13.2. The van der Waals surface area contributed by atoms with Crippen LogP contribution in [0, 0.1) is 35.5 Å². The summed E-state index contributed by atoms with van der Waals surface area (Å²) in [6.45, 7) is 17.4. The van der Waals surface area contributed by atoms with Gasteiger partial charge in [0, 0.05) is 75.4 Å². The maximum Gasteiger partial charge on any atom is 0.411 e. The molecule has 3 aromatic rings. The number of rotatable bonds is 24. The van der Waals surface area contributed by atoms with Gasteiger partial charge < -0.3 is 50.5 Å². The summed E-state index contributed by atoms with van der Waals surface area (Å²) in [7, 11) is 2.89. The Labute approximate surface area is 505 Å². The molecule has 0 atom stereocenters. The van der Waals surface area contributed by atoms with E-state index in [0.29, 0.717) is 84.9 Å². The van der Waals surface area contributed by atoms with Crippen LogP contribution in [0.2, 0.25) is 10.0 Å². The van der Waals surface area contributed by atoms with E-state index in [2.05, 4.69) is 44.1 Å². The second kappa shape index (κ2) is 33.4. The predicted octanol–water partition coefficient (Wildman–Crippen LogP) is 8.28. The third kappa shape index (κ3) is 23.9. The van der Waals surface area contributed by atoms with Crippen LogP contribution in [0.3, 0.4) is 0 Å². The first kappa shape index (κ1) is 67.7. The molecule has 22 heteroatoms. The number of carbonyl (C=O) groups is 6. The van der Waals surface area contributed by atoms with Gasteiger partial charge in [0.15, 0.2) is 0 Å². The monoisotopic (exact) mass is 1200 g/mol. The van der Waals surface area contributed by atoms with Gasteiger partial charge in [-0.15, -0.1) is 0 Å². The summed E-state index contributed by atoms with van der Waals surface area (Å²) in [6.07, 6.45) is 3.79. The Hall–Kier alpha value is -7.10. The largest absolute Gasteiger partial charge is 0.496 e. The fourth-order valence-corrected chi connectivity index (χ4v) is 9.43. The molecule has 20 nitrogen and oxygen atoms in total. The van der Waals surface area contributed by atoms with Gasteiger partial charge in [0.05, 0.1) is 48.7 Å². The third-order valence-corrected chi connectivity index (χ3v) is 14.5. The quantitative estimate of drug-likeness (QED) is 0.0285. The van der Waals surface area contributed by atoms with Crippen LogP contribution in [0.15, 0.2) is 48.5 Å². The van der Waals surface area contributed by atoms with E-state index in [9.17, 15) is 28.8 Å². The average molecular weight is 1200 g/mol. The standard InChI is InChI=1S/C62H84Cl2N8O12/c1-61(2,3)83-59(77)71(27-11-15-55(73)67-41-45-21-29-69(30-22-45)33-35-81-57(75)47-37-49(63)51(65)39-53(47)79-7)25-9-13-43-17-19-44(20-18-43)14-10-26-72(60(78)84-62(4,5)6)28-12-16-56(74)68-42-46-23-31-70(32-24-46)34-36-82-58(76)48-38-50(64)52(66)40-54(48)80-8/h17-20,37-40,45-46H,11-12,15-16,21-36,41-42,65-66H2,1-8H3,(H,67,73)(H,68,74). The molecule has 0 unspecified atom stereocenters. The lowest BCUT2D eigenvalue weighted by Gasteiger charge is -2.31. The highest BCUT2D eigenvalue weighted by Crippen LogP contribution is 2.31. The molecule has 2 fully saturated rings. The Bertz CT molecular complexity index is 2650. The second-order valence-corrected chi connectivity index (χ2v) is 23.6. The summed E-state index contributed by atoms with van der Waals surface area (Å²) < 4.78 is 32.9. The number of carbonyl (C=O) groups excluding carboxylic acids is 6. The highest BCUT2D eigenvalue weighted by molar-refractivity contribution is 6.34. The fourth-order valence-electron chi connectivity index (χ4n) is 9.10. The summed E-state index contributed by atoms with van der Waals surface area (Å²) in [5, 5.41) is 6.61. The first-order valence-electron chi connectivity index (χ1n) is 28.5. The summed E-state index contributed by atoms with van der Waals surface area (Å²) in [4.78, 5) is 85.2. The van der Waals surface area contributed by atoms with E-state index in [1.165, 1.54) is 48.3 Å². The zero-order valence-electron chi connectivity index (χ0n) is 49.9. The van der Waals surface area contributed by atoms with E-state index in [1.807, 2.05) is 24.3 Å². The van der Waals surface area contributed by atoms with Crippen molar-refractivity contribution in [3.63, 3.8) is 0 Å². The maximum atomic E-state index is 13.2. The van der Waals surface area contributed by atoms with Crippen molar-refractivity contribution >= 4 is 70.5 Å². The number of hydrogen-bond donors (Lipinski definition) is 4. The number of amides is 4. The lowest BCUT2D eigenvalue weighted by molar-refractivity contribution is -0.122. The number of hydrogen-bond acceptors (Lipinski definition) is 16.